The van der Waals surface area contributed by atoms with Crippen LogP contribution in [0.5, 0.6) is 0 Å². The van der Waals surface area contributed by atoms with Gasteiger partial charge in [0.25, 0.3) is 5.91 Å². The highest BCUT2D eigenvalue weighted by Gasteiger charge is 2.23. The van der Waals surface area contributed by atoms with Crippen molar-refractivity contribution in [3.8, 4) is 0 Å². The van der Waals surface area contributed by atoms with Crippen LogP contribution in [-0.2, 0) is 4.79 Å². The van der Waals surface area contributed by atoms with Gasteiger partial charge in [-0.3, -0.25) is 9.78 Å². The van der Waals surface area contributed by atoms with Gasteiger partial charge >= 0.3 is 0 Å². The van der Waals surface area contributed by atoms with Gasteiger partial charge < -0.3 is 10.4 Å². The Morgan fingerprint density at radius 2 is 1.80 bits per heavy atom. The summed E-state index contributed by atoms with van der Waals surface area (Å²) >= 11 is 0. The van der Waals surface area contributed by atoms with Crippen LogP contribution in [-0.4, -0.2) is 21.6 Å². The molecule has 15 heavy (non-hydrogen) atoms. The first-order chi connectivity index (χ1) is 6.79. The van der Waals surface area contributed by atoms with Crippen molar-refractivity contribution in [1.82, 2.24) is 4.98 Å². The molecule has 0 bridgehead atoms. The van der Waals surface area contributed by atoms with Crippen molar-refractivity contribution in [2.45, 2.75) is 33.3 Å². The van der Waals surface area contributed by atoms with E-state index in [0.717, 1.165) is 11.4 Å². The van der Waals surface area contributed by atoms with Crippen LogP contribution in [0.3, 0.4) is 0 Å². The Kier molecular flexibility index (Phi) is 3.09. The lowest BCUT2D eigenvalue weighted by molar-refractivity contribution is -0.130. The van der Waals surface area contributed by atoms with Gasteiger partial charge in [0.1, 0.15) is 5.60 Å². The lowest BCUT2D eigenvalue weighted by atomic mass is 10.1. The van der Waals surface area contributed by atoms with Gasteiger partial charge in [-0.25, -0.2) is 0 Å². The fourth-order valence-corrected chi connectivity index (χ4v) is 1.19. The van der Waals surface area contributed by atoms with Crippen molar-refractivity contribution in [2.24, 2.45) is 0 Å². The van der Waals surface area contributed by atoms with Gasteiger partial charge in [-0.05, 0) is 39.8 Å². The van der Waals surface area contributed by atoms with Crippen LogP contribution in [0, 0.1) is 13.8 Å². The van der Waals surface area contributed by atoms with Gasteiger partial charge in [0.05, 0.1) is 0 Å². The number of aryl methyl sites for hydroxylation is 2. The molecular weight excluding hydrogens is 192 g/mol. The summed E-state index contributed by atoms with van der Waals surface area (Å²) in [6.45, 7) is 6.60. The zero-order valence-electron chi connectivity index (χ0n) is 9.46. The maximum Gasteiger partial charge on any atom is 0.255 e. The fraction of sp³-hybridized carbons (Fsp3) is 0.455. The minimum atomic E-state index is -1.37. The van der Waals surface area contributed by atoms with Crippen LogP contribution in [0.1, 0.15) is 25.2 Å². The predicted octanol–water partition coefficient (Wildman–Crippen LogP) is 1.41. The zero-order valence-corrected chi connectivity index (χ0v) is 9.46. The number of carbonyl (C=O) groups excluding carboxylic acids is 1. The normalized spacial score (nSPS) is 11.3. The number of nitrogens with one attached hydrogen (secondary N) is 1. The average molecular weight is 208 g/mol. The second-order valence-electron chi connectivity index (χ2n) is 4.15. The predicted molar refractivity (Wildman–Crippen MR) is 58.6 cm³/mol. The van der Waals surface area contributed by atoms with Crippen molar-refractivity contribution in [1.29, 1.82) is 0 Å². The summed E-state index contributed by atoms with van der Waals surface area (Å²) in [4.78, 5) is 15.7. The summed E-state index contributed by atoms with van der Waals surface area (Å²) in [5.74, 6) is -0.424. The summed E-state index contributed by atoms with van der Waals surface area (Å²) in [6.07, 6.45) is 0. The molecule has 0 saturated heterocycles. The molecule has 4 heteroatoms. The Morgan fingerprint density at radius 3 is 2.20 bits per heavy atom. The molecule has 4 nitrogen and oxygen atoms in total. The number of carbonyl (C=O) groups is 1. The second-order valence-corrected chi connectivity index (χ2v) is 4.15. The van der Waals surface area contributed by atoms with E-state index in [-0.39, 0.29) is 0 Å². The summed E-state index contributed by atoms with van der Waals surface area (Å²) in [5.41, 5.74) is 0.958. The number of aromatic nitrogens is 1. The standard InChI is InChI=1S/C11H16N2O2/c1-7-5-9(6-8(2)12-7)13-10(14)11(3,4)15/h5-6,15H,1-4H3,(H,12,13,14). The average Bonchev–Trinajstić information content (AvgIpc) is 1.99. The lowest BCUT2D eigenvalue weighted by Gasteiger charge is -2.16. The summed E-state index contributed by atoms with van der Waals surface area (Å²) < 4.78 is 0. The Morgan fingerprint density at radius 1 is 1.33 bits per heavy atom. The highest BCUT2D eigenvalue weighted by molar-refractivity contribution is 5.96. The van der Waals surface area contributed by atoms with Gasteiger partial charge in [-0.2, -0.15) is 0 Å². The molecule has 1 aromatic heterocycles. The Hall–Kier alpha value is -1.42. The molecule has 82 valence electrons. The molecule has 0 aliphatic rings. The number of anilines is 1. The molecule has 0 aliphatic heterocycles. The molecule has 1 rings (SSSR count). The molecule has 0 saturated carbocycles. The SMILES string of the molecule is Cc1cc(NC(=O)C(C)(C)O)cc(C)n1. The highest BCUT2D eigenvalue weighted by atomic mass is 16.3. The van der Waals surface area contributed by atoms with Gasteiger partial charge in [0.15, 0.2) is 0 Å². The molecule has 1 aromatic rings. The maximum atomic E-state index is 11.5. The quantitative estimate of drug-likeness (QED) is 0.772. The summed E-state index contributed by atoms with van der Waals surface area (Å²) in [5, 5.41) is 12.1. The Balaban J connectivity index is 2.86. The third-order valence-electron chi connectivity index (χ3n) is 1.90. The Bertz CT molecular complexity index is 360. The molecule has 0 radical (unpaired) electrons. The van der Waals surface area contributed by atoms with Gasteiger partial charge in [0, 0.05) is 17.1 Å². The molecule has 1 amide bonds. The van der Waals surface area contributed by atoms with E-state index in [1.54, 1.807) is 12.1 Å². The number of amides is 1. The monoisotopic (exact) mass is 208 g/mol. The molecule has 0 unspecified atom stereocenters. The third kappa shape index (κ3) is 3.32. The van der Waals surface area contributed by atoms with Crippen LogP contribution in [0.25, 0.3) is 0 Å². The van der Waals surface area contributed by atoms with Crippen molar-refractivity contribution >= 4 is 11.6 Å². The van der Waals surface area contributed by atoms with Gasteiger partial charge in [-0.15, -0.1) is 0 Å². The van der Waals surface area contributed by atoms with Crippen LogP contribution < -0.4 is 5.32 Å². The van der Waals surface area contributed by atoms with Crippen LogP contribution in [0.15, 0.2) is 12.1 Å². The summed E-state index contributed by atoms with van der Waals surface area (Å²) in [7, 11) is 0. The first kappa shape index (κ1) is 11.7. The van der Waals surface area contributed by atoms with Crippen LogP contribution >= 0.6 is 0 Å². The summed E-state index contributed by atoms with van der Waals surface area (Å²) in [6, 6.07) is 3.52. The second kappa shape index (κ2) is 3.98. The molecule has 0 fully saturated rings. The number of aliphatic hydroxyl groups is 1. The number of nitrogens with zero attached hydrogens (tertiary/aromatic N) is 1. The molecule has 0 aromatic carbocycles. The molecule has 1 heterocycles. The number of pyridine rings is 1. The zero-order chi connectivity index (χ0) is 11.6. The van der Waals surface area contributed by atoms with Crippen LogP contribution in [0.2, 0.25) is 0 Å². The van der Waals surface area contributed by atoms with E-state index >= 15 is 0 Å². The minimum Gasteiger partial charge on any atom is -0.381 e. The molecule has 2 N–H and O–H groups in total. The maximum absolute atomic E-state index is 11.5. The molecular formula is C11H16N2O2. The largest absolute Gasteiger partial charge is 0.381 e. The Labute approximate surface area is 89.3 Å². The highest BCUT2D eigenvalue weighted by Crippen LogP contribution is 2.13. The molecule has 0 aliphatic carbocycles. The smallest absolute Gasteiger partial charge is 0.255 e. The first-order valence-corrected chi connectivity index (χ1v) is 4.78. The first-order valence-electron chi connectivity index (χ1n) is 4.78. The third-order valence-corrected chi connectivity index (χ3v) is 1.90. The van der Waals surface area contributed by atoms with E-state index in [2.05, 4.69) is 10.3 Å². The molecule has 0 atom stereocenters. The van der Waals surface area contributed by atoms with E-state index in [0.29, 0.717) is 5.69 Å². The van der Waals surface area contributed by atoms with E-state index < -0.39 is 11.5 Å². The lowest BCUT2D eigenvalue weighted by Crippen LogP contribution is -2.36. The van der Waals surface area contributed by atoms with Gasteiger partial charge in [-0.1, -0.05) is 0 Å². The topological polar surface area (TPSA) is 62.2 Å². The van der Waals surface area contributed by atoms with E-state index in [1.807, 2.05) is 13.8 Å². The van der Waals surface area contributed by atoms with Crippen molar-refractivity contribution in [3.63, 3.8) is 0 Å². The van der Waals surface area contributed by atoms with Crippen LogP contribution in [0.4, 0.5) is 5.69 Å². The van der Waals surface area contributed by atoms with Crippen molar-refractivity contribution in [2.75, 3.05) is 5.32 Å². The number of hydrogen-bond acceptors (Lipinski definition) is 3. The number of hydrogen-bond donors (Lipinski definition) is 2. The van der Waals surface area contributed by atoms with Crippen molar-refractivity contribution < 1.29 is 9.90 Å². The van der Waals surface area contributed by atoms with Crippen molar-refractivity contribution in [3.05, 3.63) is 23.5 Å². The van der Waals surface area contributed by atoms with E-state index in [1.165, 1.54) is 13.8 Å². The van der Waals surface area contributed by atoms with E-state index in [9.17, 15) is 9.90 Å². The van der Waals surface area contributed by atoms with Gasteiger partial charge in [0.2, 0.25) is 0 Å². The minimum absolute atomic E-state index is 0.424. The fourth-order valence-electron chi connectivity index (χ4n) is 1.19. The van der Waals surface area contributed by atoms with E-state index in [4.69, 9.17) is 0 Å². The number of rotatable bonds is 2. The molecule has 0 spiro atoms.